The van der Waals surface area contributed by atoms with E-state index in [1.807, 2.05) is 60.9 Å². The molecule has 0 atom stereocenters. The van der Waals surface area contributed by atoms with Crippen LogP contribution < -0.4 is 14.9 Å². The van der Waals surface area contributed by atoms with E-state index in [0.717, 1.165) is 22.2 Å². The van der Waals surface area contributed by atoms with Gasteiger partial charge >= 0.3 is 6.01 Å². The predicted octanol–water partition coefficient (Wildman–Crippen LogP) is 3.63. The summed E-state index contributed by atoms with van der Waals surface area (Å²) in [5.74, 6) is 0.315. The van der Waals surface area contributed by atoms with Crippen LogP contribution in [-0.2, 0) is 6.54 Å². The molecular formula is C22H21N3O3. The van der Waals surface area contributed by atoms with Crippen LogP contribution in [0.15, 0.2) is 47.3 Å². The number of pyridine rings is 1. The van der Waals surface area contributed by atoms with Crippen molar-refractivity contribution in [1.29, 1.82) is 0 Å². The molecule has 0 bridgehead atoms. The molecule has 0 spiro atoms. The van der Waals surface area contributed by atoms with Crippen LogP contribution in [0.3, 0.4) is 0 Å². The number of nitrogens with zero attached hydrogens (tertiary/aromatic N) is 3. The summed E-state index contributed by atoms with van der Waals surface area (Å²) < 4.78 is 12.7. The lowest BCUT2D eigenvalue weighted by Gasteiger charge is -2.18. The Bertz CT molecular complexity index is 1250. The molecule has 6 heteroatoms. The molecule has 6 nitrogen and oxygen atoms in total. The van der Waals surface area contributed by atoms with Crippen LogP contribution in [0.5, 0.6) is 11.9 Å². The standard InChI is InChI=1S/C22H21N3O3/c1-13-10-16-17(11-14(13)2)25(12-15-8-6-5-7-9-15)19-18(20(16)26)23-22(28-4)24-21(19)27-3/h5-11H,12H2,1-4H3. The summed E-state index contributed by atoms with van der Waals surface area (Å²) in [5.41, 5.74) is 4.80. The number of aromatic nitrogens is 3. The zero-order chi connectivity index (χ0) is 19.8. The fourth-order valence-corrected chi connectivity index (χ4v) is 3.43. The maximum atomic E-state index is 13.3. The number of ether oxygens (including phenoxy) is 2. The van der Waals surface area contributed by atoms with Gasteiger partial charge in [0.05, 0.1) is 19.7 Å². The van der Waals surface area contributed by atoms with E-state index in [9.17, 15) is 4.79 Å². The maximum Gasteiger partial charge on any atom is 0.320 e. The van der Waals surface area contributed by atoms with Crippen molar-refractivity contribution in [3.63, 3.8) is 0 Å². The highest BCUT2D eigenvalue weighted by Crippen LogP contribution is 2.29. The zero-order valence-electron chi connectivity index (χ0n) is 16.3. The summed E-state index contributed by atoms with van der Waals surface area (Å²) in [5, 5.41) is 0.620. The van der Waals surface area contributed by atoms with E-state index in [4.69, 9.17) is 9.47 Å². The van der Waals surface area contributed by atoms with Gasteiger partial charge in [0.25, 0.3) is 0 Å². The van der Waals surface area contributed by atoms with Crippen LogP contribution >= 0.6 is 0 Å². The minimum absolute atomic E-state index is 0.107. The molecule has 0 aliphatic rings. The second-order valence-electron chi connectivity index (χ2n) is 6.77. The molecule has 4 rings (SSSR count). The van der Waals surface area contributed by atoms with Gasteiger partial charge in [-0.3, -0.25) is 4.79 Å². The van der Waals surface area contributed by atoms with Crippen molar-refractivity contribution < 1.29 is 9.47 Å². The van der Waals surface area contributed by atoms with E-state index in [0.29, 0.717) is 23.3 Å². The topological polar surface area (TPSA) is 66.2 Å². The summed E-state index contributed by atoms with van der Waals surface area (Å²) >= 11 is 0. The van der Waals surface area contributed by atoms with E-state index in [1.165, 1.54) is 14.2 Å². The third-order valence-electron chi connectivity index (χ3n) is 5.02. The number of hydrogen-bond acceptors (Lipinski definition) is 5. The first-order chi connectivity index (χ1) is 13.5. The van der Waals surface area contributed by atoms with Crippen molar-refractivity contribution >= 4 is 21.9 Å². The first-order valence-electron chi connectivity index (χ1n) is 9.01. The van der Waals surface area contributed by atoms with Gasteiger partial charge in [0.2, 0.25) is 11.3 Å². The van der Waals surface area contributed by atoms with Crippen LogP contribution in [0.1, 0.15) is 16.7 Å². The second-order valence-corrected chi connectivity index (χ2v) is 6.77. The molecule has 0 unspecified atom stereocenters. The van der Waals surface area contributed by atoms with Gasteiger partial charge in [0.1, 0.15) is 11.0 Å². The van der Waals surface area contributed by atoms with Gasteiger partial charge in [-0.2, -0.15) is 9.97 Å². The molecule has 2 heterocycles. The van der Waals surface area contributed by atoms with Crippen LogP contribution in [0.25, 0.3) is 21.9 Å². The lowest BCUT2D eigenvalue weighted by Crippen LogP contribution is -2.16. The molecule has 4 aromatic rings. The van der Waals surface area contributed by atoms with Crippen molar-refractivity contribution in [3.8, 4) is 11.9 Å². The number of benzene rings is 2. The van der Waals surface area contributed by atoms with Crippen molar-refractivity contribution in [2.75, 3.05) is 14.2 Å². The molecule has 28 heavy (non-hydrogen) atoms. The van der Waals surface area contributed by atoms with Gasteiger partial charge in [-0.05, 0) is 42.7 Å². The van der Waals surface area contributed by atoms with E-state index in [2.05, 4.69) is 9.97 Å². The summed E-state index contributed by atoms with van der Waals surface area (Å²) in [6.07, 6.45) is 0. The quantitative estimate of drug-likeness (QED) is 0.510. The molecule has 0 fully saturated rings. The van der Waals surface area contributed by atoms with Gasteiger partial charge in [-0.15, -0.1) is 0 Å². The Labute approximate surface area is 162 Å². The highest BCUT2D eigenvalue weighted by molar-refractivity contribution is 5.94. The minimum Gasteiger partial charge on any atom is -0.479 e. The molecule has 0 N–H and O–H groups in total. The average molecular weight is 375 g/mol. The Morgan fingerprint density at radius 3 is 2.36 bits per heavy atom. The molecule has 2 aromatic carbocycles. The SMILES string of the molecule is COc1nc(OC)c2c(n1)c(=O)c1cc(C)c(C)cc1n2Cc1ccccc1. The molecular weight excluding hydrogens is 354 g/mol. The largest absolute Gasteiger partial charge is 0.479 e. The number of rotatable bonds is 4. The van der Waals surface area contributed by atoms with E-state index >= 15 is 0 Å². The number of methoxy groups -OCH3 is 2. The van der Waals surface area contributed by atoms with E-state index < -0.39 is 0 Å². The van der Waals surface area contributed by atoms with Crippen LogP contribution in [0.2, 0.25) is 0 Å². The highest BCUT2D eigenvalue weighted by Gasteiger charge is 2.20. The average Bonchev–Trinajstić information content (AvgIpc) is 2.72. The van der Waals surface area contributed by atoms with Gasteiger partial charge in [-0.25, -0.2) is 0 Å². The number of hydrogen-bond donors (Lipinski definition) is 0. The highest BCUT2D eigenvalue weighted by atomic mass is 16.5. The summed E-state index contributed by atoms with van der Waals surface area (Å²) in [6.45, 7) is 4.60. The van der Waals surface area contributed by atoms with Gasteiger partial charge in [-0.1, -0.05) is 30.3 Å². The molecule has 0 aliphatic heterocycles. The number of fused-ring (bicyclic) bond motifs is 2. The van der Waals surface area contributed by atoms with Crippen LogP contribution in [-0.4, -0.2) is 28.8 Å². The monoisotopic (exact) mass is 375 g/mol. The van der Waals surface area contributed by atoms with Crippen molar-refractivity contribution in [3.05, 3.63) is 69.4 Å². The molecule has 0 saturated carbocycles. The van der Waals surface area contributed by atoms with Crippen molar-refractivity contribution in [1.82, 2.24) is 14.5 Å². The van der Waals surface area contributed by atoms with Gasteiger partial charge in [0, 0.05) is 11.9 Å². The molecule has 0 aliphatic carbocycles. The zero-order valence-corrected chi connectivity index (χ0v) is 16.3. The fourth-order valence-electron chi connectivity index (χ4n) is 3.43. The summed E-state index contributed by atoms with van der Waals surface area (Å²) in [6, 6.07) is 14.1. The van der Waals surface area contributed by atoms with Gasteiger partial charge < -0.3 is 14.0 Å². The second kappa shape index (κ2) is 6.96. The first-order valence-corrected chi connectivity index (χ1v) is 9.01. The Morgan fingerprint density at radius 2 is 1.68 bits per heavy atom. The first kappa shape index (κ1) is 18.0. The maximum absolute atomic E-state index is 13.3. The fraction of sp³-hybridized carbons (Fsp3) is 0.227. The Morgan fingerprint density at radius 1 is 0.964 bits per heavy atom. The molecule has 142 valence electrons. The Balaban J connectivity index is 2.19. The summed E-state index contributed by atoms with van der Waals surface area (Å²) in [4.78, 5) is 22.0. The van der Waals surface area contributed by atoms with Crippen LogP contribution in [0.4, 0.5) is 0 Å². The molecule has 0 radical (unpaired) electrons. The molecule has 0 saturated heterocycles. The smallest absolute Gasteiger partial charge is 0.320 e. The third-order valence-corrected chi connectivity index (χ3v) is 5.02. The van der Waals surface area contributed by atoms with Crippen LogP contribution in [0, 0.1) is 13.8 Å². The van der Waals surface area contributed by atoms with E-state index in [1.54, 1.807) is 0 Å². The third kappa shape index (κ3) is 2.87. The van der Waals surface area contributed by atoms with Crippen molar-refractivity contribution in [2.45, 2.75) is 20.4 Å². The predicted molar refractivity (Wildman–Crippen MR) is 109 cm³/mol. The lowest BCUT2D eigenvalue weighted by molar-refractivity contribution is 0.355. The number of aryl methyl sites for hydroxylation is 2. The van der Waals surface area contributed by atoms with Gasteiger partial charge in [0.15, 0.2) is 0 Å². The minimum atomic E-state index is -0.156. The van der Waals surface area contributed by atoms with Crippen molar-refractivity contribution in [2.24, 2.45) is 0 Å². The molecule has 0 amide bonds. The normalized spacial score (nSPS) is 11.1. The Kier molecular flexibility index (Phi) is 4.47. The lowest BCUT2D eigenvalue weighted by atomic mass is 10.0. The van der Waals surface area contributed by atoms with E-state index in [-0.39, 0.29) is 17.0 Å². The summed E-state index contributed by atoms with van der Waals surface area (Å²) in [7, 11) is 3.00. The Hall–Kier alpha value is -3.41. The molecule has 2 aromatic heterocycles.